The zero-order valence-electron chi connectivity index (χ0n) is 12.6. The number of hydrogen-bond acceptors (Lipinski definition) is 3. The molecule has 22 heavy (non-hydrogen) atoms. The van der Waals surface area contributed by atoms with Gasteiger partial charge in [0.2, 0.25) is 0 Å². The second-order valence-corrected chi connectivity index (χ2v) is 5.06. The van der Waals surface area contributed by atoms with Gasteiger partial charge < -0.3 is 14.0 Å². The van der Waals surface area contributed by atoms with Crippen LogP contribution in [0.1, 0.15) is 5.69 Å². The highest BCUT2D eigenvalue weighted by atomic mass is 16.5. The van der Waals surface area contributed by atoms with E-state index in [1.165, 1.54) is 0 Å². The maximum Gasteiger partial charge on any atom is 0.264 e. The molecule has 1 amide bonds. The van der Waals surface area contributed by atoms with Crippen molar-refractivity contribution in [1.82, 2.24) is 9.38 Å². The smallest absolute Gasteiger partial charge is 0.264 e. The first-order valence-electron chi connectivity index (χ1n) is 7.04. The van der Waals surface area contributed by atoms with Crippen LogP contribution in [-0.2, 0) is 4.79 Å². The van der Waals surface area contributed by atoms with Crippen LogP contribution in [0.5, 0.6) is 5.75 Å². The summed E-state index contributed by atoms with van der Waals surface area (Å²) in [6.07, 6.45) is 3.82. The fourth-order valence-corrected chi connectivity index (χ4v) is 2.25. The third kappa shape index (κ3) is 2.79. The summed E-state index contributed by atoms with van der Waals surface area (Å²) in [5.41, 5.74) is 2.46. The lowest BCUT2D eigenvalue weighted by Crippen LogP contribution is -2.31. The van der Waals surface area contributed by atoms with Crippen LogP contribution in [0.25, 0.3) is 5.65 Å². The molecular formula is C17H17N3O2. The van der Waals surface area contributed by atoms with E-state index in [0.717, 1.165) is 17.0 Å². The van der Waals surface area contributed by atoms with Crippen molar-refractivity contribution in [3.8, 4) is 5.75 Å². The van der Waals surface area contributed by atoms with E-state index < -0.39 is 0 Å². The Kier molecular flexibility index (Phi) is 3.78. The largest absolute Gasteiger partial charge is 0.480 e. The Bertz CT molecular complexity index is 796. The van der Waals surface area contributed by atoms with Crippen LogP contribution in [0, 0.1) is 6.92 Å². The summed E-state index contributed by atoms with van der Waals surface area (Å²) < 4.78 is 7.55. The number of aryl methyl sites for hydroxylation is 1. The van der Waals surface area contributed by atoms with Gasteiger partial charge in [-0.15, -0.1) is 0 Å². The lowest BCUT2D eigenvalue weighted by Gasteiger charge is -2.17. The van der Waals surface area contributed by atoms with Gasteiger partial charge in [0.1, 0.15) is 0 Å². The number of anilines is 1. The summed E-state index contributed by atoms with van der Waals surface area (Å²) in [5, 5.41) is 0. The molecule has 2 heterocycles. The molecule has 0 unspecified atom stereocenters. The summed E-state index contributed by atoms with van der Waals surface area (Å²) in [6, 6.07) is 13.2. The van der Waals surface area contributed by atoms with E-state index >= 15 is 0 Å². The van der Waals surface area contributed by atoms with Crippen molar-refractivity contribution in [2.75, 3.05) is 18.6 Å². The van der Waals surface area contributed by atoms with E-state index in [-0.39, 0.29) is 12.5 Å². The Hall–Kier alpha value is -2.82. The Morgan fingerprint density at radius 2 is 2.00 bits per heavy atom. The first kappa shape index (κ1) is 14.1. The Morgan fingerprint density at radius 3 is 2.77 bits per heavy atom. The first-order chi connectivity index (χ1) is 10.6. The van der Waals surface area contributed by atoms with Crippen LogP contribution < -0.4 is 9.64 Å². The van der Waals surface area contributed by atoms with Crippen LogP contribution in [0.4, 0.5) is 5.69 Å². The minimum Gasteiger partial charge on any atom is -0.480 e. The number of aromatic nitrogens is 2. The lowest BCUT2D eigenvalue weighted by molar-refractivity contribution is -0.120. The number of pyridine rings is 1. The highest BCUT2D eigenvalue weighted by molar-refractivity contribution is 5.93. The third-order valence-corrected chi connectivity index (χ3v) is 3.44. The van der Waals surface area contributed by atoms with Gasteiger partial charge in [0.25, 0.3) is 5.91 Å². The molecule has 0 N–H and O–H groups in total. The fraction of sp³-hybridized carbons (Fsp3) is 0.176. The van der Waals surface area contributed by atoms with Gasteiger partial charge in [0.15, 0.2) is 18.0 Å². The normalized spacial score (nSPS) is 10.6. The molecule has 112 valence electrons. The van der Waals surface area contributed by atoms with Gasteiger partial charge in [-0.3, -0.25) is 4.79 Å². The molecule has 0 saturated carbocycles. The van der Waals surface area contributed by atoms with Gasteiger partial charge in [-0.1, -0.05) is 18.2 Å². The molecule has 3 rings (SSSR count). The molecule has 1 aromatic carbocycles. The Morgan fingerprint density at radius 1 is 1.23 bits per heavy atom. The first-order valence-corrected chi connectivity index (χ1v) is 7.04. The maximum atomic E-state index is 12.2. The van der Waals surface area contributed by atoms with Crippen LogP contribution in [0.15, 0.2) is 54.9 Å². The quantitative estimate of drug-likeness (QED) is 0.743. The zero-order valence-corrected chi connectivity index (χ0v) is 12.6. The lowest BCUT2D eigenvalue weighted by atomic mass is 10.3. The van der Waals surface area contributed by atoms with Crippen LogP contribution in [0.3, 0.4) is 0 Å². The summed E-state index contributed by atoms with van der Waals surface area (Å²) in [4.78, 5) is 18.2. The molecule has 0 radical (unpaired) electrons. The minimum absolute atomic E-state index is 0.0308. The fourth-order valence-electron chi connectivity index (χ4n) is 2.25. The van der Waals surface area contributed by atoms with Crippen LogP contribution >= 0.6 is 0 Å². The predicted molar refractivity (Wildman–Crippen MR) is 85.3 cm³/mol. The number of hydrogen-bond donors (Lipinski definition) is 0. The highest BCUT2D eigenvalue weighted by Gasteiger charge is 2.13. The standard InChI is InChI=1S/C17H17N3O2/c1-13-11-20-10-6-9-15(17(20)18-13)22-12-16(21)19(2)14-7-4-3-5-8-14/h3-11H,12H2,1-2H3. The minimum atomic E-state index is -0.114. The van der Waals surface area contributed by atoms with Gasteiger partial charge >= 0.3 is 0 Å². The van der Waals surface area contributed by atoms with Gasteiger partial charge in [0.05, 0.1) is 5.69 Å². The molecular weight excluding hydrogens is 278 g/mol. The topological polar surface area (TPSA) is 46.8 Å². The summed E-state index contributed by atoms with van der Waals surface area (Å²) >= 11 is 0. The zero-order chi connectivity index (χ0) is 15.5. The second-order valence-electron chi connectivity index (χ2n) is 5.06. The van der Waals surface area contributed by atoms with Crippen molar-refractivity contribution < 1.29 is 9.53 Å². The molecule has 0 aliphatic carbocycles. The van der Waals surface area contributed by atoms with Crippen molar-refractivity contribution in [2.24, 2.45) is 0 Å². The number of amides is 1. The molecule has 0 aliphatic rings. The number of carbonyl (C=O) groups is 1. The molecule has 0 saturated heterocycles. The molecule has 5 nitrogen and oxygen atoms in total. The predicted octanol–water partition coefficient (Wildman–Crippen LogP) is 2.68. The molecule has 0 fully saturated rings. The average Bonchev–Trinajstić information content (AvgIpc) is 2.93. The van der Waals surface area contributed by atoms with E-state index in [1.54, 1.807) is 11.9 Å². The number of ether oxygens (including phenoxy) is 1. The van der Waals surface area contributed by atoms with Gasteiger partial charge in [-0.2, -0.15) is 0 Å². The number of para-hydroxylation sites is 1. The molecule has 5 heteroatoms. The molecule has 2 aromatic heterocycles. The number of imidazole rings is 1. The van der Waals surface area contributed by atoms with Gasteiger partial charge in [-0.05, 0) is 31.2 Å². The number of carbonyl (C=O) groups excluding carboxylic acids is 1. The van der Waals surface area contributed by atoms with E-state index in [0.29, 0.717) is 5.75 Å². The van der Waals surface area contributed by atoms with Crippen molar-refractivity contribution in [1.29, 1.82) is 0 Å². The number of fused-ring (bicyclic) bond motifs is 1. The van der Waals surface area contributed by atoms with Crippen molar-refractivity contribution in [3.05, 3.63) is 60.6 Å². The third-order valence-electron chi connectivity index (χ3n) is 3.44. The van der Waals surface area contributed by atoms with Crippen LogP contribution in [0.2, 0.25) is 0 Å². The van der Waals surface area contributed by atoms with E-state index in [1.807, 2.05) is 66.2 Å². The van der Waals surface area contributed by atoms with Crippen molar-refractivity contribution in [2.45, 2.75) is 6.92 Å². The molecule has 0 bridgehead atoms. The Labute approximate surface area is 128 Å². The van der Waals surface area contributed by atoms with E-state index in [2.05, 4.69) is 4.98 Å². The number of benzene rings is 1. The second kappa shape index (κ2) is 5.89. The summed E-state index contributed by atoms with van der Waals surface area (Å²) in [5.74, 6) is 0.488. The van der Waals surface area contributed by atoms with Gasteiger partial charge in [0, 0.05) is 25.1 Å². The molecule has 3 aromatic rings. The summed E-state index contributed by atoms with van der Waals surface area (Å²) in [7, 11) is 1.74. The van der Waals surface area contributed by atoms with Crippen molar-refractivity contribution >= 4 is 17.2 Å². The maximum absolute atomic E-state index is 12.2. The Balaban J connectivity index is 1.72. The number of nitrogens with zero attached hydrogens (tertiary/aromatic N) is 3. The molecule has 0 aliphatic heterocycles. The average molecular weight is 295 g/mol. The monoisotopic (exact) mass is 295 g/mol. The van der Waals surface area contributed by atoms with E-state index in [9.17, 15) is 4.79 Å². The molecule has 0 atom stereocenters. The number of likely N-dealkylation sites (N-methyl/N-ethyl adjacent to an activating group) is 1. The van der Waals surface area contributed by atoms with Gasteiger partial charge in [-0.25, -0.2) is 4.98 Å². The van der Waals surface area contributed by atoms with E-state index in [4.69, 9.17) is 4.74 Å². The number of rotatable bonds is 4. The highest BCUT2D eigenvalue weighted by Crippen LogP contribution is 2.19. The molecule has 0 spiro atoms. The van der Waals surface area contributed by atoms with Crippen LogP contribution in [-0.4, -0.2) is 28.9 Å². The summed E-state index contributed by atoms with van der Waals surface area (Å²) in [6.45, 7) is 1.89. The SMILES string of the molecule is Cc1cn2cccc(OCC(=O)N(C)c3ccccc3)c2n1. The van der Waals surface area contributed by atoms with Crippen molar-refractivity contribution in [3.63, 3.8) is 0 Å².